The molecule has 1 aromatic rings. The molecule has 0 radical (unpaired) electrons. The first kappa shape index (κ1) is 13.5. The minimum Gasteiger partial charge on any atom is -0.493 e. The van der Waals surface area contributed by atoms with Gasteiger partial charge in [0.2, 0.25) is 5.75 Å². The zero-order chi connectivity index (χ0) is 13.1. The van der Waals surface area contributed by atoms with E-state index in [0.717, 1.165) is 24.3 Å². The molecule has 2 rings (SSSR count). The maximum atomic E-state index is 5.56. The highest BCUT2D eigenvalue weighted by Crippen LogP contribution is 2.47. The average molecular weight is 315 g/mol. The Morgan fingerprint density at radius 1 is 1.06 bits per heavy atom. The van der Waals surface area contributed by atoms with Crippen molar-refractivity contribution in [1.29, 1.82) is 0 Å². The van der Waals surface area contributed by atoms with Crippen molar-refractivity contribution < 1.29 is 14.2 Å². The number of ether oxygens (including phenoxy) is 3. The predicted octanol–water partition coefficient (Wildman–Crippen LogP) is 3.87. The smallest absolute Gasteiger partial charge is 0.203 e. The monoisotopic (exact) mass is 314 g/mol. The highest BCUT2D eigenvalue weighted by atomic mass is 79.9. The van der Waals surface area contributed by atoms with Gasteiger partial charge in [-0.1, -0.05) is 22.4 Å². The van der Waals surface area contributed by atoms with Crippen molar-refractivity contribution in [2.75, 3.05) is 21.3 Å². The molecular weight excluding hydrogens is 296 g/mol. The summed E-state index contributed by atoms with van der Waals surface area (Å²) < 4.78 is 16.4. The van der Waals surface area contributed by atoms with Crippen molar-refractivity contribution >= 4 is 15.9 Å². The molecule has 1 atom stereocenters. The topological polar surface area (TPSA) is 27.7 Å². The molecule has 1 aliphatic carbocycles. The highest BCUT2D eigenvalue weighted by Gasteiger charge is 2.25. The van der Waals surface area contributed by atoms with Crippen LogP contribution in [-0.2, 0) is 6.42 Å². The molecule has 1 unspecified atom stereocenters. The third kappa shape index (κ3) is 2.30. The summed E-state index contributed by atoms with van der Waals surface area (Å²) >= 11 is 3.76. The van der Waals surface area contributed by atoms with Crippen LogP contribution < -0.4 is 14.2 Å². The average Bonchev–Trinajstić information content (AvgIpc) is 2.58. The van der Waals surface area contributed by atoms with Gasteiger partial charge in [-0.2, -0.15) is 0 Å². The standard InChI is InChI=1S/C14H19BrO3/c1-16-12-8-10-9(6-4-5-7-11(10)15)13(17-2)14(12)18-3/h8,11H,4-7H2,1-3H3. The van der Waals surface area contributed by atoms with Crippen molar-refractivity contribution in [2.45, 2.75) is 30.5 Å². The van der Waals surface area contributed by atoms with Gasteiger partial charge in [-0.3, -0.25) is 0 Å². The number of rotatable bonds is 3. The Hall–Kier alpha value is -0.900. The van der Waals surface area contributed by atoms with Crippen LogP contribution in [0.3, 0.4) is 0 Å². The molecule has 0 fully saturated rings. The molecular formula is C14H19BrO3. The van der Waals surface area contributed by atoms with Gasteiger partial charge in [-0.25, -0.2) is 0 Å². The van der Waals surface area contributed by atoms with E-state index in [4.69, 9.17) is 14.2 Å². The fourth-order valence-electron chi connectivity index (χ4n) is 2.55. The van der Waals surface area contributed by atoms with Crippen LogP contribution in [0.25, 0.3) is 0 Å². The van der Waals surface area contributed by atoms with Crippen molar-refractivity contribution in [2.24, 2.45) is 0 Å². The molecule has 0 saturated carbocycles. The second-order valence-corrected chi connectivity index (χ2v) is 5.53. The molecule has 18 heavy (non-hydrogen) atoms. The number of alkyl halides is 1. The van der Waals surface area contributed by atoms with Crippen molar-refractivity contribution in [3.05, 3.63) is 17.2 Å². The molecule has 0 saturated heterocycles. The molecule has 0 aromatic heterocycles. The summed E-state index contributed by atoms with van der Waals surface area (Å²) in [5.41, 5.74) is 2.51. The van der Waals surface area contributed by atoms with E-state index in [9.17, 15) is 0 Å². The lowest BCUT2D eigenvalue weighted by Gasteiger charge is -2.20. The van der Waals surface area contributed by atoms with E-state index in [-0.39, 0.29) is 0 Å². The number of hydrogen-bond donors (Lipinski definition) is 0. The quantitative estimate of drug-likeness (QED) is 0.626. The van der Waals surface area contributed by atoms with Crippen molar-refractivity contribution in [3.63, 3.8) is 0 Å². The minimum absolute atomic E-state index is 0.365. The fourth-order valence-corrected chi connectivity index (χ4v) is 3.29. The predicted molar refractivity (Wildman–Crippen MR) is 75.3 cm³/mol. The molecule has 0 spiro atoms. The van der Waals surface area contributed by atoms with Gasteiger partial charge in [-0.15, -0.1) is 0 Å². The lowest BCUT2D eigenvalue weighted by atomic mass is 10.0. The van der Waals surface area contributed by atoms with Crippen LogP contribution >= 0.6 is 15.9 Å². The summed E-state index contributed by atoms with van der Waals surface area (Å²) in [6, 6.07) is 2.07. The van der Waals surface area contributed by atoms with Gasteiger partial charge in [0.1, 0.15) is 0 Å². The first-order valence-electron chi connectivity index (χ1n) is 6.18. The van der Waals surface area contributed by atoms with E-state index in [1.165, 1.54) is 24.0 Å². The van der Waals surface area contributed by atoms with Gasteiger partial charge in [0.25, 0.3) is 0 Å². The molecule has 0 amide bonds. The third-order valence-corrected chi connectivity index (χ3v) is 4.39. The van der Waals surface area contributed by atoms with Crippen molar-refractivity contribution in [1.82, 2.24) is 0 Å². The van der Waals surface area contributed by atoms with Crippen LogP contribution in [0.15, 0.2) is 6.07 Å². The van der Waals surface area contributed by atoms with E-state index in [2.05, 4.69) is 22.0 Å². The Morgan fingerprint density at radius 2 is 1.78 bits per heavy atom. The van der Waals surface area contributed by atoms with E-state index in [0.29, 0.717) is 10.6 Å². The Bertz CT molecular complexity index is 432. The summed E-state index contributed by atoms with van der Waals surface area (Å²) in [5.74, 6) is 2.25. The minimum atomic E-state index is 0.365. The molecule has 0 N–H and O–H groups in total. The van der Waals surface area contributed by atoms with Gasteiger partial charge >= 0.3 is 0 Å². The lowest BCUT2D eigenvalue weighted by molar-refractivity contribution is 0.321. The Balaban J connectivity index is 2.64. The second-order valence-electron chi connectivity index (χ2n) is 4.43. The van der Waals surface area contributed by atoms with Crippen LogP contribution in [0, 0.1) is 0 Å². The molecule has 0 aliphatic heterocycles. The van der Waals surface area contributed by atoms with Gasteiger partial charge in [-0.05, 0) is 30.9 Å². The second kappa shape index (κ2) is 5.83. The van der Waals surface area contributed by atoms with Gasteiger partial charge in [0.05, 0.1) is 21.3 Å². The van der Waals surface area contributed by atoms with Crippen LogP contribution in [0.1, 0.15) is 35.2 Å². The molecule has 100 valence electrons. The number of halogens is 1. The number of fused-ring (bicyclic) bond motifs is 1. The van der Waals surface area contributed by atoms with Crippen LogP contribution in [0.5, 0.6) is 17.2 Å². The molecule has 0 heterocycles. The van der Waals surface area contributed by atoms with Crippen LogP contribution in [-0.4, -0.2) is 21.3 Å². The zero-order valence-corrected chi connectivity index (χ0v) is 12.7. The molecule has 0 bridgehead atoms. The van der Waals surface area contributed by atoms with Crippen LogP contribution in [0.4, 0.5) is 0 Å². The normalized spacial score (nSPS) is 18.8. The molecule has 3 nitrogen and oxygen atoms in total. The summed E-state index contributed by atoms with van der Waals surface area (Å²) in [6.45, 7) is 0. The first-order chi connectivity index (χ1) is 8.72. The van der Waals surface area contributed by atoms with Crippen molar-refractivity contribution in [3.8, 4) is 17.2 Å². The zero-order valence-electron chi connectivity index (χ0n) is 11.1. The summed E-state index contributed by atoms with van der Waals surface area (Å²) in [7, 11) is 4.99. The Labute approximate surface area is 117 Å². The molecule has 1 aliphatic rings. The third-order valence-electron chi connectivity index (χ3n) is 3.44. The van der Waals surface area contributed by atoms with Crippen LogP contribution in [0.2, 0.25) is 0 Å². The van der Waals surface area contributed by atoms with E-state index in [1.54, 1.807) is 21.3 Å². The first-order valence-corrected chi connectivity index (χ1v) is 7.10. The summed E-state index contributed by atoms with van der Waals surface area (Å²) in [5, 5.41) is 0. The Morgan fingerprint density at radius 3 is 2.39 bits per heavy atom. The number of hydrogen-bond acceptors (Lipinski definition) is 3. The van der Waals surface area contributed by atoms with Gasteiger partial charge < -0.3 is 14.2 Å². The number of methoxy groups -OCH3 is 3. The summed E-state index contributed by atoms with van der Waals surface area (Å²) in [6.07, 6.45) is 4.58. The lowest BCUT2D eigenvalue weighted by Crippen LogP contribution is -2.03. The maximum Gasteiger partial charge on any atom is 0.203 e. The largest absolute Gasteiger partial charge is 0.493 e. The summed E-state index contributed by atoms with van der Waals surface area (Å²) in [4.78, 5) is 0.365. The number of benzene rings is 1. The highest BCUT2D eigenvalue weighted by molar-refractivity contribution is 9.09. The Kier molecular flexibility index (Phi) is 4.38. The van der Waals surface area contributed by atoms with E-state index < -0.39 is 0 Å². The van der Waals surface area contributed by atoms with Gasteiger partial charge in [0.15, 0.2) is 11.5 Å². The van der Waals surface area contributed by atoms with E-state index >= 15 is 0 Å². The SMILES string of the molecule is COc1cc2c(c(OC)c1OC)CCCCC2Br. The molecule has 4 heteroatoms. The van der Waals surface area contributed by atoms with Gasteiger partial charge in [0, 0.05) is 10.4 Å². The molecule has 1 aromatic carbocycles. The maximum absolute atomic E-state index is 5.56. The fraction of sp³-hybridized carbons (Fsp3) is 0.571. The van der Waals surface area contributed by atoms with E-state index in [1.807, 2.05) is 0 Å².